The Labute approximate surface area is 118 Å². The summed E-state index contributed by atoms with van der Waals surface area (Å²) in [4.78, 5) is 0. The highest BCUT2D eigenvalue weighted by atomic mass is 35.5. The van der Waals surface area contributed by atoms with E-state index in [1.54, 1.807) is 0 Å². The average Bonchev–Trinajstić information content (AvgIpc) is 2.45. The van der Waals surface area contributed by atoms with E-state index >= 15 is 0 Å². The minimum atomic E-state index is 0.744. The lowest BCUT2D eigenvalue weighted by Crippen LogP contribution is -1.93. The maximum atomic E-state index is 5.83. The van der Waals surface area contributed by atoms with Crippen molar-refractivity contribution in [3.8, 4) is 0 Å². The molecule has 2 aromatic carbocycles. The third-order valence-corrected chi connectivity index (χ3v) is 2.77. The molecular formula is C16H15ClN2. The molecule has 3 heteroatoms. The standard InChI is InChI=1S/C16H15ClN2/c1-13(18-19-16-5-3-2-4-6-16)7-8-14-9-11-15(17)12-10-14/h2-12,19H,1H3/b8-7+,18-13+. The molecule has 2 rings (SSSR count). The van der Waals surface area contributed by atoms with Gasteiger partial charge in [-0.3, -0.25) is 5.43 Å². The summed E-state index contributed by atoms with van der Waals surface area (Å²) in [6, 6.07) is 17.5. The predicted molar refractivity (Wildman–Crippen MR) is 83.7 cm³/mol. The molecule has 0 bridgehead atoms. The van der Waals surface area contributed by atoms with Gasteiger partial charge in [-0.2, -0.15) is 5.10 Å². The lowest BCUT2D eigenvalue weighted by Gasteiger charge is -1.99. The van der Waals surface area contributed by atoms with E-state index in [0.717, 1.165) is 22.0 Å². The highest BCUT2D eigenvalue weighted by molar-refractivity contribution is 6.30. The monoisotopic (exact) mass is 270 g/mol. The highest BCUT2D eigenvalue weighted by Gasteiger charge is 1.90. The van der Waals surface area contributed by atoms with Crippen LogP contribution in [0.15, 0.2) is 65.8 Å². The molecule has 96 valence electrons. The molecule has 0 aliphatic heterocycles. The van der Waals surface area contributed by atoms with Gasteiger partial charge in [0.15, 0.2) is 0 Å². The molecule has 2 aromatic rings. The molecule has 19 heavy (non-hydrogen) atoms. The summed E-state index contributed by atoms with van der Waals surface area (Å²) >= 11 is 5.83. The SMILES string of the molecule is CC(/C=C/c1ccc(Cl)cc1)=N\Nc1ccccc1. The van der Waals surface area contributed by atoms with E-state index in [1.807, 2.05) is 73.7 Å². The van der Waals surface area contributed by atoms with E-state index in [-0.39, 0.29) is 0 Å². The van der Waals surface area contributed by atoms with Crippen LogP contribution in [-0.2, 0) is 0 Å². The normalized spacial score (nSPS) is 11.8. The van der Waals surface area contributed by atoms with Gasteiger partial charge >= 0.3 is 0 Å². The number of nitrogens with one attached hydrogen (secondary N) is 1. The number of halogens is 1. The number of anilines is 1. The fourth-order valence-electron chi connectivity index (χ4n) is 1.49. The molecule has 0 spiro atoms. The number of para-hydroxylation sites is 1. The van der Waals surface area contributed by atoms with E-state index in [4.69, 9.17) is 11.6 Å². The molecule has 0 heterocycles. The zero-order chi connectivity index (χ0) is 13.5. The quantitative estimate of drug-likeness (QED) is 0.624. The van der Waals surface area contributed by atoms with Crippen molar-refractivity contribution in [1.29, 1.82) is 0 Å². The van der Waals surface area contributed by atoms with E-state index in [1.165, 1.54) is 0 Å². The Kier molecular flexibility index (Phi) is 4.76. The van der Waals surface area contributed by atoms with Crippen molar-refractivity contribution in [2.45, 2.75) is 6.92 Å². The van der Waals surface area contributed by atoms with Crippen molar-refractivity contribution in [2.24, 2.45) is 5.10 Å². The van der Waals surface area contributed by atoms with Gasteiger partial charge in [0.05, 0.1) is 11.4 Å². The summed E-state index contributed by atoms with van der Waals surface area (Å²) in [6.07, 6.45) is 3.96. The van der Waals surface area contributed by atoms with Gasteiger partial charge in [0, 0.05) is 5.02 Å². The van der Waals surface area contributed by atoms with Gasteiger partial charge in [-0.15, -0.1) is 0 Å². The number of hydrogen-bond donors (Lipinski definition) is 1. The Hall–Kier alpha value is -2.06. The van der Waals surface area contributed by atoms with Crippen LogP contribution in [0.4, 0.5) is 5.69 Å². The number of benzene rings is 2. The van der Waals surface area contributed by atoms with Crippen LogP contribution in [-0.4, -0.2) is 5.71 Å². The van der Waals surface area contributed by atoms with Crippen molar-refractivity contribution in [2.75, 3.05) is 5.43 Å². The first kappa shape index (κ1) is 13.4. The van der Waals surface area contributed by atoms with E-state index < -0.39 is 0 Å². The molecule has 0 aromatic heterocycles. The van der Waals surface area contributed by atoms with Crippen molar-refractivity contribution in [1.82, 2.24) is 0 Å². The minimum Gasteiger partial charge on any atom is -0.278 e. The highest BCUT2D eigenvalue weighted by Crippen LogP contribution is 2.10. The van der Waals surface area contributed by atoms with Gasteiger partial charge < -0.3 is 0 Å². The van der Waals surface area contributed by atoms with Crippen LogP contribution in [0.3, 0.4) is 0 Å². The Balaban J connectivity index is 1.96. The van der Waals surface area contributed by atoms with Crippen molar-refractivity contribution in [3.63, 3.8) is 0 Å². The third-order valence-electron chi connectivity index (χ3n) is 2.52. The summed E-state index contributed by atoms with van der Waals surface area (Å²) in [5.74, 6) is 0. The number of allylic oxidation sites excluding steroid dienone is 1. The molecule has 2 nitrogen and oxygen atoms in total. The first-order valence-corrected chi connectivity index (χ1v) is 6.41. The number of rotatable bonds is 4. The fourth-order valence-corrected chi connectivity index (χ4v) is 1.62. The molecule has 0 atom stereocenters. The van der Waals surface area contributed by atoms with Crippen LogP contribution in [0.25, 0.3) is 6.08 Å². The first-order chi connectivity index (χ1) is 9.24. The number of hydrazone groups is 1. The molecule has 1 N–H and O–H groups in total. The second-order valence-electron chi connectivity index (χ2n) is 4.12. The second-order valence-corrected chi connectivity index (χ2v) is 4.55. The Morgan fingerprint density at radius 2 is 1.74 bits per heavy atom. The average molecular weight is 271 g/mol. The Morgan fingerprint density at radius 1 is 1.05 bits per heavy atom. The summed E-state index contributed by atoms with van der Waals surface area (Å²) in [5.41, 5.74) is 5.98. The smallest absolute Gasteiger partial charge is 0.0576 e. The molecule has 0 unspecified atom stereocenters. The molecule has 0 amide bonds. The first-order valence-electron chi connectivity index (χ1n) is 6.03. The van der Waals surface area contributed by atoms with Crippen LogP contribution < -0.4 is 5.43 Å². The maximum absolute atomic E-state index is 5.83. The molecule has 0 radical (unpaired) electrons. The summed E-state index contributed by atoms with van der Waals surface area (Å²) in [5, 5.41) is 5.02. The zero-order valence-electron chi connectivity index (χ0n) is 10.7. The summed E-state index contributed by atoms with van der Waals surface area (Å²) < 4.78 is 0. The Bertz CT molecular complexity index is 571. The minimum absolute atomic E-state index is 0.744. The van der Waals surface area contributed by atoms with E-state index in [9.17, 15) is 0 Å². The topological polar surface area (TPSA) is 24.4 Å². The van der Waals surface area contributed by atoms with Gasteiger partial charge in [0.2, 0.25) is 0 Å². The largest absolute Gasteiger partial charge is 0.278 e. The molecule has 0 aliphatic rings. The number of nitrogens with zero attached hydrogens (tertiary/aromatic N) is 1. The molecule has 0 aliphatic carbocycles. The maximum Gasteiger partial charge on any atom is 0.0576 e. The lowest BCUT2D eigenvalue weighted by molar-refractivity contribution is 1.33. The van der Waals surface area contributed by atoms with Crippen molar-refractivity contribution in [3.05, 3.63) is 71.3 Å². The van der Waals surface area contributed by atoms with Gasteiger partial charge in [-0.05, 0) is 42.8 Å². The predicted octanol–water partition coefficient (Wildman–Crippen LogP) is 4.84. The van der Waals surface area contributed by atoms with Crippen LogP contribution in [0.1, 0.15) is 12.5 Å². The molecule has 0 fully saturated rings. The zero-order valence-corrected chi connectivity index (χ0v) is 11.4. The fraction of sp³-hybridized carbons (Fsp3) is 0.0625. The second kappa shape index (κ2) is 6.76. The Morgan fingerprint density at radius 3 is 2.42 bits per heavy atom. The number of hydrogen-bond acceptors (Lipinski definition) is 2. The van der Waals surface area contributed by atoms with Crippen LogP contribution >= 0.6 is 11.6 Å². The molecule has 0 saturated heterocycles. The van der Waals surface area contributed by atoms with Gasteiger partial charge in [-0.1, -0.05) is 48.0 Å². The van der Waals surface area contributed by atoms with E-state index in [0.29, 0.717) is 0 Å². The summed E-state index contributed by atoms with van der Waals surface area (Å²) in [6.45, 7) is 1.95. The van der Waals surface area contributed by atoms with Crippen LogP contribution in [0.5, 0.6) is 0 Å². The van der Waals surface area contributed by atoms with Crippen molar-refractivity contribution >= 4 is 29.1 Å². The van der Waals surface area contributed by atoms with Crippen molar-refractivity contribution < 1.29 is 0 Å². The summed E-state index contributed by atoms with van der Waals surface area (Å²) in [7, 11) is 0. The molecular weight excluding hydrogens is 256 g/mol. The van der Waals surface area contributed by atoms with Crippen LogP contribution in [0, 0.1) is 0 Å². The van der Waals surface area contributed by atoms with E-state index in [2.05, 4.69) is 10.5 Å². The third kappa shape index (κ3) is 4.60. The lowest BCUT2D eigenvalue weighted by atomic mass is 10.2. The molecule has 0 saturated carbocycles. The van der Waals surface area contributed by atoms with Gasteiger partial charge in [0.25, 0.3) is 0 Å². The van der Waals surface area contributed by atoms with Crippen LogP contribution in [0.2, 0.25) is 5.02 Å². The van der Waals surface area contributed by atoms with Gasteiger partial charge in [-0.25, -0.2) is 0 Å². The van der Waals surface area contributed by atoms with Gasteiger partial charge in [0.1, 0.15) is 0 Å².